The van der Waals surface area contributed by atoms with Gasteiger partial charge in [-0.3, -0.25) is 4.79 Å². The third-order valence-corrected chi connectivity index (χ3v) is 4.62. The van der Waals surface area contributed by atoms with E-state index in [1.807, 2.05) is 0 Å². The molecule has 2 rings (SSSR count). The van der Waals surface area contributed by atoms with Crippen LogP contribution in [0, 0.1) is 11.7 Å². The van der Waals surface area contributed by atoms with Gasteiger partial charge in [0.2, 0.25) is 0 Å². The summed E-state index contributed by atoms with van der Waals surface area (Å²) in [7, 11) is 0. The zero-order valence-electron chi connectivity index (χ0n) is 12.2. The summed E-state index contributed by atoms with van der Waals surface area (Å²) in [5.41, 5.74) is 0.307. The SMILES string of the molecule is CC1CCCCC1OCCNC(=O)c1cc(F)ccc1Br. The van der Waals surface area contributed by atoms with Crippen molar-refractivity contribution >= 4 is 21.8 Å². The molecule has 3 nitrogen and oxygen atoms in total. The van der Waals surface area contributed by atoms with Crippen LogP contribution in [0.25, 0.3) is 0 Å². The van der Waals surface area contributed by atoms with E-state index < -0.39 is 5.82 Å². The molecule has 0 bridgehead atoms. The molecular weight excluding hydrogens is 337 g/mol. The van der Waals surface area contributed by atoms with Gasteiger partial charge >= 0.3 is 0 Å². The van der Waals surface area contributed by atoms with E-state index in [0.29, 0.717) is 35.2 Å². The van der Waals surface area contributed by atoms with Crippen LogP contribution in [0.3, 0.4) is 0 Å². The first-order valence-electron chi connectivity index (χ1n) is 7.43. The molecule has 0 saturated heterocycles. The Hall–Kier alpha value is -0.940. The Kier molecular flexibility index (Phi) is 6.18. The van der Waals surface area contributed by atoms with Crippen molar-refractivity contribution in [2.75, 3.05) is 13.2 Å². The smallest absolute Gasteiger partial charge is 0.252 e. The predicted octanol–water partition coefficient (Wildman–Crippen LogP) is 3.91. The standard InChI is InChI=1S/C16H21BrFNO2/c1-11-4-2-3-5-15(11)21-9-8-19-16(20)13-10-12(18)6-7-14(13)17/h6-7,10-11,15H,2-5,8-9H2,1H3,(H,19,20). The fourth-order valence-corrected chi connectivity index (χ4v) is 3.10. The average Bonchev–Trinajstić information content (AvgIpc) is 2.47. The highest BCUT2D eigenvalue weighted by molar-refractivity contribution is 9.10. The van der Waals surface area contributed by atoms with Crippen LogP contribution in [0.5, 0.6) is 0 Å². The van der Waals surface area contributed by atoms with Crippen molar-refractivity contribution in [3.63, 3.8) is 0 Å². The molecular formula is C16H21BrFNO2. The number of nitrogens with one attached hydrogen (secondary N) is 1. The molecule has 5 heteroatoms. The summed E-state index contributed by atoms with van der Waals surface area (Å²) >= 11 is 3.25. The van der Waals surface area contributed by atoms with Gasteiger partial charge in [-0.05, 0) is 52.9 Å². The fourth-order valence-electron chi connectivity index (χ4n) is 2.67. The summed E-state index contributed by atoms with van der Waals surface area (Å²) < 4.78 is 19.6. The topological polar surface area (TPSA) is 38.3 Å². The number of hydrogen-bond acceptors (Lipinski definition) is 2. The van der Waals surface area contributed by atoms with Crippen LogP contribution in [0.15, 0.2) is 22.7 Å². The molecule has 1 aromatic carbocycles. The van der Waals surface area contributed by atoms with Crippen LogP contribution in [0.1, 0.15) is 43.0 Å². The fraction of sp³-hybridized carbons (Fsp3) is 0.562. The lowest BCUT2D eigenvalue weighted by molar-refractivity contribution is -0.00294. The molecule has 1 aromatic rings. The first kappa shape index (κ1) is 16.4. The van der Waals surface area contributed by atoms with Gasteiger partial charge in [-0.15, -0.1) is 0 Å². The molecule has 2 unspecified atom stereocenters. The molecule has 1 saturated carbocycles. The summed E-state index contributed by atoms with van der Waals surface area (Å²) in [5, 5.41) is 2.76. The first-order chi connectivity index (χ1) is 10.1. The molecule has 1 fully saturated rings. The lowest BCUT2D eigenvalue weighted by atomic mass is 9.88. The maximum atomic E-state index is 13.2. The van der Waals surface area contributed by atoms with Gasteiger partial charge in [0.1, 0.15) is 5.82 Å². The predicted molar refractivity (Wildman–Crippen MR) is 83.8 cm³/mol. The van der Waals surface area contributed by atoms with Gasteiger partial charge in [0, 0.05) is 11.0 Å². The van der Waals surface area contributed by atoms with Crippen LogP contribution >= 0.6 is 15.9 Å². The molecule has 2 atom stereocenters. The summed E-state index contributed by atoms with van der Waals surface area (Å²) in [6.07, 6.45) is 5.12. The molecule has 1 amide bonds. The minimum atomic E-state index is -0.421. The molecule has 0 aliphatic heterocycles. The molecule has 1 aliphatic rings. The number of ether oxygens (including phenoxy) is 1. The summed E-state index contributed by atoms with van der Waals surface area (Å²) in [4.78, 5) is 12.0. The highest BCUT2D eigenvalue weighted by Crippen LogP contribution is 2.26. The van der Waals surface area contributed by atoms with Crippen molar-refractivity contribution in [3.8, 4) is 0 Å². The summed E-state index contributed by atoms with van der Waals surface area (Å²) in [6, 6.07) is 4.07. The van der Waals surface area contributed by atoms with Gasteiger partial charge in [-0.2, -0.15) is 0 Å². The number of amides is 1. The van der Waals surface area contributed by atoms with Crippen molar-refractivity contribution in [2.24, 2.45) is 5.92 Å². The minimum absolute atomic E-state index is 0.290. The lowest BCUT2D eigenvalue weighted by Gasteiger charge is -2.28. The van der Waals surface area contributed by atoms with Crippen molar-refractivity contribution in [3.05, 3.63) is 34.1 Å². The molecule has 1 N–H and O–H groups in total. The van der Waals surface area contributed by atoms with Crippen molar-refractivity contribution < 1.29 is 13.9 Å². The number of benzene rings is 1. The van der Waals surface area contributed by atoms with E-state index in [2.05, 4.69) is 28.2 Å². The minimum Gasteiger partial charge on any atom is -0.376 e. The molecule has 1 aliphatic carbocycles. The van der Waals surface area contributed by atoms with E-state index in [1.54, 1.807) is 0 Å². The highest BCUT2D eigenvalue weighted by Gasteiger charge is 2.21. The summed E-state index contributed by atoms with van der Waals surface area (Å²) in [5.74, 6) is -0.121. The second kappa shape index (κ2) is 7.90. The Labute approximate surface area is 133 Å². The average molecular weight is 358 g/mol. The lowest BCUT2D eigenvalue weighted by Crippen LogP contribution is -2.32. The Morgan fingerprint density at radius 2 is 2.19 bits per heavy atom. The van der Waals surface area contributed by atoms with Gasteiger partial charge in [0.25, 0.3) is 5.91 Å². The number of carbonyl (C=O) groups is 1. The first-order valence-corrected chi connectivity index (χ1v) is 8.22. The number of carbonyl (C=O) groups excluding carboxylic acids is 1. The van der Waals surface area contributed by atoms with Crippen molar-refractivity contribution in [1.29, 1.82) is 0 Å². The quantitative estimate of drug-likeness (QED) is 0.811. The Morgan fingerprint density at radius 1 is 1.43 bits per heavy atom. The number of halogens is 2. The normalized spacial score (nSPS) is 22.0. The third-order valence-electron chi connectivity index (χ3n) is 3.93. The van der Waals surface area contributed by atoms with Gasteiger partial charge in [-0.1, -0.05) is 19.8 Å². The Morgan fingerprint density at radius 3 is 2.95 bits per heavy atom. The van der Waals surface area contributed by atoms with Gasteiger partial charge in [-0.25, -0.2) is 4.39 Å². The van der Waals surface area contributed by atoms with Crippen molar-refractivity contribution in [2.45, 2.75) is 38.7 Å². The van der Waals surface area contributed by atoms with Crippen LogP contribution in [0.4, 0.5) is 4.39 Å². The van der Waals surface area contributed by atoms with Gasteiger partial charge in [0.15, 0.2) is 0 Å². The molecule has 21 heavy (non-hydrogen) atoms. The molecule has 116 valence electrons. The van der Waals surface area contributed by atoms with Gasteiger partial charge in [0.05, 0.1) is 18.3 Å². The second-order valence-corrected chi connectivity index (χ2v) is 6.41. The van der Waals surface area contributed by atoms with E-state index in [9.17, 15) is 9.18 Å². The molecule has 0 radical (unpaired) electrons. The summed E-state index contributed by atoms with van der Waals surface area (Å²) in [6.45, 7) is 3.14. The molecule has 0 heterocycles. The van der Waals surface area contributed by atoms with Crippen LogP contribution in [-0.2, 0) is 4.74 Å². The highest BCUT2D eigenvalue weighted by atomic mass is 79.9. The zero-order chi connectivity index (χ0) is 15.2. The van der Waals surface area contributed by atoms with E-state index in [4.69, 9.17) is 4.74 Å². The maximum Gasteiger partial charge on any atom is 0.252 e. The van der Waals surface area contributed by atoms with Crippen LogP contribution in [0.2, 0.25) is 0 Å². The van der Waals surface area contributed by atoms with E-state index in [0.717, 1.165) is 6.42 Å². The van der Waals surface area contributed by atoms with Crippen LogP contribution < -0.4 is 5.32 Å². The number of hydrogen-bond donors (Lipinski definition) is 1. The monoisotopic (exact) mass is 357 g/mol. The number of rotatable bonds is 5. The third kappa shape index (κ3) is 4.78. The Bertz CT molecular complexity index is 495. The van der Waals surface area contributed by atoms with Crippen LogP contribution in [-0.4, -0.2) is 25.2 Å². The zero-order valence-corrected chi connectivity index (χ0v) is 13.8. The molecule has 0 aromatic heterocycles. The second-order valence-electron chi connectivity index (χ2n) is 5.55. The Balaban J connectivity index is 1.75. The van der Waals surface area contributed by atoms with Gasteiger partial charge < -0.3 is 10.1 Å². The molecule has 0 spiro atoms. The largest absolute Gasteiger partial charge is 0.376 e. The maximum absolute atomic E-state index is 13.2. The van der Waals surface area contributed by atoms with Crippen molar-refractivity contribution in [1.82, 2.24) is 5.32 Å². The van der Waals surface area contributed by atoms with E-state index in [-0.39, 0.29) is 5.91 Å². The van der Waals surface area contributed by atoms with E-state index in [1.165, 1.54) is 37.5 Å². The van der Waals surface area contributed by atoms with E-state index >= 15 is 0 Å².